The number of nitrogens with zero attached hydrogens (tertiary/aromatic N) is 1. The monoisotopic (exact) mass is 405 g/mol. The van der Waals surface area contributed by atoms with Crippen LogP contribution in [0.3, 0.4) is 0 Å². The summed E-state index contributed by atoms with van der Waals surface area (Å²) in [5.41, 5.74) is 3.52. The molecular formula is C26H28FNO2. The van der Waals surface area contributed by atoms with Gasteiger partial charge >= 0.3 is 0 Å². The van der Waals surface area contributed by atoms with Gasteiger partial charge in [-0.15, -0.1) is 0 Å². The van der Waals surface area contributed by atoms with Crippen molar-refractivity contribution in [2.75, 3.05) is 13.7 Å². The van der Waals surface area contributed by atoms with Crippen molar-refractivity contribution in [3.63, 3.8) is 0 Å². The van der Waals surface area contributed by atoms with Gasteiger partial charge in [0.05, 0.1) is 19.3 Å². The van der Waals surface area contributed by atoms with E-state index in [2.05, 4.69) is 13.8 Å². The number of carbonyl (C=O) groups is 1. The van der Waals surface area contributed by atoms with Crippen molar-refractivity contribution in [1.82, 2.24) is 4.90 Å². The van der Waals surface area contributed by atoms with E-state index in [9.17, 15) is 9.18 Å². The van der Waals surface area contributed by atoms with Gasteiger partial charge in [0.15, 0.2) is 0 Å². The maximum absolute atomic E-state index is 13.4. The van der Waals surface area contributed by atoms with Crippen LogP contribution in [0.25, 0.3) is 11.1 Å². The Bertz CT molecular complexity index is 954. The highest BCUT2D eigenvalue weighted by Gasteiger charge is 2.26. The number of hydrogen-bond acceptors (Lipinski definition) is 2. The van der Waals surface area contributed by atoms with E-state index in [1.807, 2.05) is 61.6 Å². The summed E-state index contributed by atoms with van der Waals surface area (Å²) in [6.07, 6.45) is 0. The van der Waals surface area contributed by atoms with Crippen molar-refractivity contribution in [1.29, 1.82) is 0 Å². The molecule has 3 nitrogen and oxygen atoms in total. The fourth-order valence-corrected chi connectivity index (χ4v) is 3.51. The molecule has 1 unspecified atom stereocenters. The van der Waals surface area contributed by atoms with E-state index in [-0.39, 0.29) is 23.7 Å². The number of benzene rings is 3. The predicted octanol–water partition coefficient (Wildman–Crippen LogP) is 5.81. The number of hydrogen-bond donors (Lipinski definition) is 0. The van der Waals surface area contributed by atoms with Crippen LogP contribution in [0.1, 0.15) is 29.8 Å². The number of ether oxygens (including phenoxy) is 1. The van der Waals surface area contributed by atoms with Gasteiger partial charge in [0, 0.05) is 12.6 Å². The first-order chi connectivity index (χ1) is 14.5. The zero-order valence-electron chi connectivity index (χ0n) is 17.7. The lowest BCUT2D eigenvalue weighted by Gasteiger charge is -2.31. The minimum Gasteiger partial charge on any atom is -0.375 e. The highest BCUT2D eigenvalue weighted by atomic mass is 19.1. The zero-order chi connectivity index (χ0) is 21.5. The van der Waals surface area contributed by atoms with Crippen molar-refractivity contribution in [2.45, 2.75) is 26.5 Å². The summed E-state index contributed by atoms with van der Waals surface area (Å²) < 4.78 is 19.0. The Morgan fingerprint density at radius 3 is 2.23 bits per heavy atom. The van der Waals surface area contributed by atoms with E-state index in [0.717, 1.165) is 16.7 Å². The van der Waals surface area contributed by atoms with Gasteiger partial charge in [0.2, 0.25) is 0 Å². The smallest absolute Gasteiger partial charge is 0.254 e. The Hall–Kier alpha value is -2.98. The average Bonchev–Trinajstić information content (AvgIpc) is 2.77. The Morgan fingerprint density at radius 1 is 0.933 bits per heavy atom. The molecular weight excluding hydrogens is 377 g/mol. The lowest BCUT2D eigenvalue weighted by atomic mass is 9.97. The van der Waals surface area contributed by atoms with E-state index < -0.39 is 0 Å². The quantitative estimate of drug-likeness (QED) is 0.474. The second-order valence-electron chi connectivity index (χ2n) is 7.78. The van der Waals surface area contributed by atoms with Gasteiger partial charge in [-0.05, 0) is 40.8 Å². The first-order valence-electron chi connectivity index (χ1n) is 10.2. The van der Waals surface area contributed by atoms with E-state index in [0.29, 0.717) is 18.8 Å². The molecule has 0 bridgehead atoms. The minimum absolute atomic E-state index is 0.0291. The van der Waals surface area contributed by atoms with Crippen LogP contribution in [0.15, 0.2) is 78.9 Å². The molecule has 0 saturated carbocycles. The van der Waals surface area contributed by atoms with Gasteiger partial charge in [0.25, 0.3) is 5.91 Å². The SMILES string of the molecule is CC(C)C(COCc1ccc(F)cc1)N(C)C(=O)c1ccccc1-c1ccccc1. The van der Waals surface area contributed by atoms with Gasteiger partial charge in [-0.3, -0.25) is 4.79 Å². The van der Waals surface area contributed by atoms with Crippen LogP contribution in [-0.2, 0) is 11.3 Å². The Balaban J connectivity index is 1.73. The molecule has 1 amide bonds. The number of rotatable bonds is 8. The Kier molecular flexibility index (Phi) is 7.36. The molecule has 30 heavy (non-hydrogen) atoms. The number of halogens is 1. The third-order valence-corrected chi connectivity index (χ3v) is 5.30. The molecule has 0 aliphatic heterocycles. The summed E-state index contributed by atoms with van der Waals surface area (Å²) >= 11 is 0. The Labute approximate surface area is 178 Å². The molecule has 0 spiro atoms. The van der Waals surface area contributed by atoms with E-state index >= 15 is 0 Å². The summed E-state index contributed by atoms with van der Waals surface area (Å²) in [7, 11) is 1.83. The molecule has 3 aromatic rings. The molecule has 156 valence electrons. The fourth-order valence-electron chi connectivity index (χ4n) is 3.51. The van der Waals surface area contributed by atoms with Crippen LogP contribution in [0, 0.1) is 11.7 Å². The van der Waals surface area contributed by atoms with Crippen LogP contribution >= 0.6 is 0 Å². The second-order valence-corrected chi connectivity index (χ2v) is 7.78. The number of carbonyl (C=O) groups excluding carboxylic acids is 1. The molecule has 0 heterocycles. The normalized spacial score (nSPS) is 12.0. The maximum Gasteiger partial charge on any atom is 0.254 e. The third kappa shape index (κ3) is 5.33. The van der Waals surface area contributed by atoms with E-state index in [1.54, 1.807) is 17.0 Å². The van der Waals surface area contributed by atoms with Crippen LogP contribution < -0.4 is 0 Å². The molecule has 0 N–H and O–H groups in total. The van der Waals surface area contributed by atoms with E-state index in [1.165, 1.54) is 12.1 Å². The van der Waals surface area contributed by atoms with Gasteiger partial charge < -0.3 is 9.64 Å². The first kappa shape index (κ1) is 21.7. The predicted molar refractivity (Wildman–Crippen MR) is 119 cm³/mol. The molecule has 4 heteroatoms. The van der Waals surface area contributed by atoms with Crippen molar-refractivity contribution in [3.8, 4) is 11.1 Å². The maximum atomic E-state index is 13.4. The summed E-state index contributed by atoms with van der Waals surface area (Å²) in [6.45, 7) is 4.95. The van der Waals surface area contributed by atoms with E-state index in [4.69, 9.17) is 4.74 Å². The lowest BCUT2D eigenvalue weighted by molar-refractivity contribution is 0.0338. The summed E-state index contributed by atoms with van der Waals surface area (Å²) in [6, 6.07) is 23.8. The van der Waals surface area contributed by atoms with Crippen LogP contribution in [0.2, 0.25) is 0 Å². The third-order valence-electron chi connectivity index (χ3n) is 5.30. The zero-order valence-corrected chi connectivity index (χ0v) is 17.7. The minimum atomic E-state index is -0.263. The summed E-state index contributed by atoms with van der Waals surface area (Å²) in [4.78, 5) is 15.2. The molecule has 0 fully saturated rings. The molecule has 0 radical (unpaired) electrons. The van der Waals surface area contributed by atoms with Gasteiger partial charge in [-0.2, -0.15) is 0 Å². The molecule has 0 saturated heterocycles. The van der Waals surface area contributed by atoms with Gasteiger partial charge in [-0.1, -0.05) is 74.5 Å². The standard InChI is InChI=1S/C26H28FNO2/c1-19(2)25(18-30-17-20-13-15-22(27)16-14-20)28(3)26(29)24-12-8-7-11-23(24)21-9-5-4-6-10-21/h4-16,19,25H,17-18H2,1-3H3. The topological polar surface area (TPSA) is 29.5 Å². The van der Waals surface area contributed by atoms with Crippen LogP contribution in [-0.4, -0.2) is 30.5 Å². The highest BCUT2D eigenvalue weighted by molar-refractivity contribution is 6.00. The van der Waals surface area contributed by atoms with Crippen molar-refractivity contribution in [3.05, 3.63) is 95.8 Å². The summed E-state index contributed by atoms with van der Waals surface area (Å²) in [5, 5.41) is 0. The van der Waals surface area contributed by atoms with Gasteiger partial charge in [-0.25, -0.2) is 4.39 Å². The highest BCUT2D eigenvalue weighted by Crippen LogP contribution is 2.25. The second kappa shape index (κ2) is 10.2. The van der Waals surface area contributed by atoms with Crippen molar-refractivity contribution < 1.29 is 13.9 Å². The number of likely N-dealkylation sites (N-methyl/N-ethyl adjacent to an activating group) is 1. The lowest BCUT2D eigenvalue weighted by Crippen LogP contribution is -2.43. The molecule has 3 aromatic carbocycles. The molecule has 0 aliphatic rings. The first-order valence-corrected chi connectivity index (χ1v) is 10.2. The van der Waals surface area contributed by atoms with Crippen molar-refractivity contribution >= 4 is 5.91 Å². The summed E-state index contributed by atoms with van der Waals surface area (Å²) in [5.74, 6) is -0.0733. The molecule has 0 aliphatic carbocycles. The number of amides is 1. The Morgan fingerprint density at radius 2 is 1.57 bits per heavy atom. The largest absolute Gasteiger partial charge is 0.375 e. The average molecular weight is 406 g/mol. The molecule has 0 aromatic heterocycles. The fraction of sp³-hybridized carbons (Fsp3) is 0.269. The van der Waals surface area contributed by atoms with Gasteiger partial charge in [0.1, 0.15) is 5.82 Å². The van der Waals surface area contributed by atoms with Crippen LogP contribution in [0.4, 0.5) is 4.39 Å². The molecule has 1 atom stereocenters. The van der Waals surface area contributed by atoms with Crippen LogP contribution in [0.5, 0.6) is 0 Å². The molecule has 3 rings (SSSR count). The van der Waals surface area contributed by atoms with Crippen molar-refractivity contribution in [2.24, 2.45) is 5.92 Å².